The number of carbonyl (C=O) groups excluding carboxylic acids is 4. The second kappa shape index (κ2) is 13.5. The van der Waals surface area contributed by atoms with Crippen LogP contribution >= 0.6 is 0 Å². The van der Waals surface area contributed by atoms with Crippen LogP contribution in [0.1, 0.15) is 116 Å². The van der Waals surface area contributed by atoms with Crippen molar-refractivity contribution < 1.29 is 19.2 Å². The molecule has 4 nitrogen and oxygen atoms in total. The van der Waals surface area contributed by atoms with Crippen molar-refractivity contribution in [1.82, 2.24) is 0 Å². The molecule has 0 heterocycles. The molecular weight excluding hydrogens is 508 g/mol. The Morgan fingerprint density at radius 2 is 1.80 bits per heavy atom. The zero-order valence-corrected chi connectivity index (χ0v) is 25.3. The fraction of sp³-hybridized carbons (Fsp3) is 0.459. The molecule has 2 aliphatic carbocycles. The van der Waals surface area contributed by atoms with Gasteiger partial charge in [0.2, 0.25) is 0 Å². The molecule has 4 heteroatoms. The van der Waals surface area contributed by atoms with Crippen LogP contribution in [0.15, 0.2) is 54.1 Å². The van der Waals surface area contributed by atoms with Crippen LogP contribution < -0.4 is 0 Å². The predicted octanol–water partition coefficient (Wildman–Crippen LogP) is 8.28. The first-order valence-corrected chi connectivity index (χ1v) is 15.3. The minimum atomic E-state index is -0.109. The van der Waals surface area contributed by atoms with Gasteiger partial charge in [-0.1, -0.05) is 74.7 Å². The van der Waals surface area contributed by atoms with E-state index in [1.165, 1.54) is 18.1 Å². The minimum absolute atomic E-state index is 0.0192. The lowest BCUT2D eigenvalue weighted by molar-refractivity contribution is -0.129. The van der Waals surface area contributed by atoms with Gasteiger partial charge >= 0.3 is 0 Å². The Bertz CT molecular complexity index is 1410. The zero-order chi connectivity index (χ0) is 29.7. The van der Waals surface area contributed by atoms with Gasteiger partial charge in [-0.05, 0) is 98.6 Å². The largest absolute Gasteiger partial charge is 0.300 e. The van der Waals surface area contributed by atoms with Crippen molar-refractivity contribution in [2.45, 2.75) is 92.4 Å². The van der Waals surface area contributed by atoms with Crippen molar-refractivity contribution in [2.24, 2.45) is 17.8 Å². The van der Waals surface area contributed by atoms with Crippen LogP contribution in [0.4, 0.5) is 0 Å². The molecule has 0 bridgehead atoms. The highest BCUT2D eigenvalue weighted by Gasteiger charge is 2.33. The van der Waals surface area contributed by atoms with E-state index in [-0.39, 0.29) is 47.3 Å². The summed E-state index contributed by atoms with van der Waals surface area (Å²) in [6.07, 6.45) is 11.0. The summed E-state index contributed by atoms with van der Waals surface area (Å²) < 4.78 is 0. The lowest BCUT2D eigenvalue weighted by Crippen LogP contribution is -2.30. The van der Waals surface area contributed by atoms with E-state index < -0.39 is 0 Å². The van der Waals surface area contributed by atoms with E-state index >= 15 is 0 Å². The smallest absolute Gasteiger partial charge is 0.163 e. The molecule has 3 atom stereocenters. The standard InChI is InChI=1S/C37H44O4/c1-6-9-32(34(7-2)35(40)16-23(3)38)19-27-20-33-15-14-28(24(4)37(33)36(41)21-27)17-26-12-13-31(18-26)30-11-8-10-29(22-30)25(5)39/h8,10-11,13-15,18,22,27,32,34H,6-7,9,12,16-17,19-21H2,1-5H3. The number of carbonyl (C=O) groups is 4. The van der Waals surface area contributed by atoms with Gasteiger partial charge in [-0.15, -0.1) is 0 Å². The number of hydrogen-bond donors (Lipinski definition) is 0. The van der Waals surface area contributed by atoms with Gasteiger partial charge in [0.25, 0.3) is 0 Å². The van der Waals surface area contributed by atoms with Crippen molar-refractivity contribution in [2.75, 3.05) is 0 Å². The normalized spacial score (nSPS) is 17.9. The molecule has 0 aromatic heterocycles. The summed E-state index contributed by atoms with van der Waals surface area (Å²) in [5, 5.41) is 0. The second-order valence-electron chi connectivity index (χ2n) is 12.2. The summed E-state index contributed by atoms with van der Waals surface area (Å²) in [6.45, 7) is 9.34. The van der Waals surface area contributed by atoms with Crippen LogP contribution in [0.5, 0.6) is 0 Å². The first-order chi connectivity index (χ1) is 19.6. The zero-order valence-electron chi connectivity index (χ0n) is 25.3. The lowest BCUT2D eigenvalue weighted by atomic mass is 9.71. The van der Waals surface area contributed by atoms with Crippen LogP contribution in [-0.4, -0.2) is 23.1 Å². The highest BCUT2D eigenvalue weighted by molar-refractivity contribution is 6.01. The van der Waals surface area contributed by atoms with Crippen LogP contribution in [0.25, 0.3) is 5.57 Å². The molecular formula is C37H44O4. The van der Waals surface area contributed by atoms with Gasteiger partial charge in [0, 0.05) is 23.5 Å². The number of allylic oxidation sites excluding steroid dienone is 4. The van der Waals surface area contributed by atoms with Gasteiger partial charge in [0.15, 0.2) is 11.6 Å². The number of rotatable bonds is 13. The van der Waals surface area contributed by atoms with Crippen molar-refractivity contribution in [3.8, 4) is 0 Å². The van der Waals surface area contributed by atoms with Gasteiger partial charge in [0.05, 0.1) is 6.42 Å². The summed E-state index contributed by atoms with van der Waals surface area (Å²) in [6, 6.07) is 12.1. The molecule has 0 fully saturated rings. The van der Waals surface area contributed by atoms with Crippen molar-refractivity contribution >= 4 is 28.7 Å². The first-order valence-electron chi connectivity index (χ1n) is 15.3. The average Bonchev–Trinajstić information content (AvgIpc) is 3.39. The third-order valence-corrected chi connectivity index (χ3v) is 9.03. The topological polar surface area (TPSA) is 68.3 Å². The van der Waals surface area contributed by atoms with E-state index in [4.69, 9.17) is 0 Å². The maximum absolute atomic E-state index is 13.5. The molecule has 0 radical (unpaired) electrons. The predicted molar refractivity (Wildman–Crippen MR) is 165 cm³/mol. The molecule has 2 aliphatic rings. The molecule has 2 aromatic rings. The van der Waals surface area contributed by atoms with Gasteiger partial charge in [0.1, 0.15) is 11.6 Å². The van der Waals surface area contributed by atoms with Gasteiger partial charge < -0.3 is 0 Å². The number of hydrogen-bond acceptors (Lipinski definition) is 4. The van der Waals surface area contributed by atoms with E-state index in [1.54, 1.807) is 6.92 Å². The molecule has 3 unspecified atom stereocenters. The Hall–Kier alpha value is -3.40. The number of benzene rings is 2. The summed E-state index contributed by atoms with van der Waals surface area (Å²) >= 11 is 0. The Balaban J connectivity index is 1.48. The molecule has 0 saturated carbocycles. The van der Waals surface area contributed by atoms with E-state index in [1.807, 2.05) is 31.2 Å². The summed E-state index contributed by atoms with van der Waals surface area (Å²) in [4.78, 5) is 49.8. The fourth-order valence-corrected chi connectivity index (χ4v) is 7.02. The molecule has 0 N–H and O–H groups in total. The Morgan fingerprint density at radius 3 is 2.49 bits per heavy atom. The molecule has 216 valence electrons. The summed E-state index contributed by atoms with van der Waals surface area (Å²) in [7, 11) is 0. The van der Waals surface area contributed by atoms with Gasteiger partial charge in [-0.2, -0.15) is 0 Å². The third kappa shape index (κ3) is 7.28. The Kier molecular flexibility index (Phi) is 10.1. The molecule has 0 amide bonds. The van der Waals surface area contributed by atoms with Crippen molar-refractivity contribution in [3.63, 3.8) is 0 Å². The molecule has 0 spiro atoms. The monoisotopic (exact) mass is 552 g/mol. The SMILES string of the molecule is CCCC(CC1CC(=O)c2c(ccc(CC3=CC(c4cccc(C(C)=O)c4)=CC3)c2C)C1)C(CC)C(=O)CC(C)=O. The quantitative estimate of drug-likeness (QED) is 0.185. The van der Waals surface area contributed by atoms with Crippen LogP contribution in [0.3, 0.4) is 0 Å². The highest BCUT2D eigenvalue weighted by atomic mass is 16.1. The maximum atomic E-state index is 13.5. The Morgan fingerprint density at radius 1 is 1.02 bits per heavy atom. The summed E-state index contributed by atoms with van der Waals surface area (Å²) in [5.41, 5.74) is 8.54. The summed E-state index contributed by atoms with van der Waals surface area (Å²) in [5.74, 6) is 0.608. The molecule has 0 aliphatic heterocycles. The van der Waals surface area contributed by atoms with Crippen molar-refractivity contribution in [1.29, 1.82) is 0 Å². The van der Waals surface area contributed by atoms with Gasteiger partial charge in [-0.25, -0.2) is 0 Å². The molecule has 4 rings (SSSR count). The molecule has 41 heavy (non-hydrogen) atoms. The van der Waals surface area contributed by atoms with E-state index in [0.717, 1.165) is 78.3 Å². The van der Waals surface area contributed by atoms with E-state index in [2.05, 4.69) is 38.1 Å². The minimum Gasteiger partial charge on any atom is -0.300 e. The first kappa shape index (κ1) is 30.6. The van der Waals surface area contributed by atoms with Gasteiger partial charge in [-0.3, -0.25) is 19.2 Å². The number of fused-ring (bicyclic) bond motifs is 1. The fourth-order valence-electron chi connectivity index (χ4n) is 7.02. The maximum Gasteiger partial charge on any atom is 0.163 e. The van der Waals surface area contributed by atoms with Crippen LogP contribution in [0, 0.1) is 24.7 Å². The van der Waals surface area contributed by atoms with E-state index in [0.29, 0.717) is 6.42 Å². The average molecular weight is 553 g/mol. The van der Waals surface area contributed by atoms with Crippen LogP contribution in [-0.2, 0) is 22.4 Å². The molecule has 0 saturated heterocycles. The lowest BCUT2D eigenvalue weighted by Gasteiger charge is -2.32. The molecule has 2 aromatic carbocycles. The van der Waals surface area contributed by atoms with Crippen LogP contribution in [0.2, 0.25) is 0 Å². The number of Topliss-reactive ketones (excluding diaryl/α,β-unsaturated/α-hetero) is 4. The Labute approximate surface area is 245 Å². The second-order valence-corrected chi connectivity index (χ2v) is 12.2. The number of ketones is 4. The third-order valence-electron chi connectivity index (χ3n) is 9.03. The van der Waals surface area contributed by atoms with Crippen molar-refractivity contribution in [3.05, 3.63) is 87.5 Å². The highest BCUT2D eigenvalue weighted by Crippen LogP contribution is 2.38. The van der Waals surface area contributed by atoms with E-state index in [9.17, 15) is 19.2 Å².